The van der Waals surface area contributed by atoms with Crippen molar-refractivity contribution >= 4 is 18.6 Å². The van der Waals surface area contributed by atoms with Gasteiger partial charge >= 0.3 is 5.97 Å². The van der Waals surface area contributed by atoms with Gasteiger partial charge in [0.2, 0.25) is 0 Å². The fraction of sp³-hybridized carbons (Fsp3) is 0.222. The van der Waals surface area contributed by atoms with E-state index >= 15 is 0 Å². The van der Waals surface area contributed by atoms with Crippen molar-refractivity contribution in [1.29, 1.82) is 0 Å². The molecule has 62 valence electrons. The van der Waals surface area contributed by atoms with Crippen molar-refractivity contribution in [3.05, 3.63) is 29.3 Å². The van der Waals surface area contributed by atoms with Crippen molar-refractivity contribution in [3.63, 3.8) is 0 Å². The third kappa shape index (κ3) is 0.932. The molecule has 1 aliphatic rings. The molecule has 0 aromatic heterocycles. The Hall–Kier alpha value is -0.960. The van der Waals surface area contributed by atoms with Crippen molar-refractivity contribution in [3.8, 4) is 0 Å². The molecule has 0 amide bonds. The monoisotopic (exact) mass is 180 g/mol. The standard InChI is InChI=1S/C9H8O2S/c1-5-6-3-2-4-7(12)8(6)9(10)11-5/h2-5,12H,1H3. The number of carbonyl (C=O) groups excluding carboxylic acids is 1. The van der Waals surface area contributed by atoms with Crippen LogP contribution in [0.15, 0.2) is 23.1 Å². The predicted molar refractivity (Wildman–Crippen MR) is 47.5 cm³/mol. The van der Waals surface area contributed by atoms with Gasteiger partial charge in [-0.05, 0) is 13.0 Å². The van der Waals surface area contributed by atoms with Crippen LogP contribution in [0.5, 0.6) is 0 Å². The summed E-state index contributed by atoms with van der Waals surface area (Å²) in [4.78, 5) is 11.9. The third-order valence-corrected chi connectivity index (χ3v) is 2.37. The van der Waals surface area contributed by atoms with Crippen molar-refractivity contribution in [2.24, 2.45) is 0 Å². The lowest BCUT2D eigenvalue weighted by molar-refractivity contribution is 0.0420. The SMILES string of the molecule is CC1OC(=O)c2c(S)cccc21. The highest BCUT2D eigenvalue weighted by atomic mass is 32.1. The number of esters is 1. The van der Waals surface area contributed by atoms with Crippen molar-refractivity contribution in [1.82, 2.24) is 0 Å². The first-order valence-corrected chi connectivity index (χ1v) is 4.17. The first kappa shape index (κ1) is 7.68. The summed E-state index contributed by atoms with van der Waals surface area (Å²) in [5.74, 6) is -0.261. The van der Waals surface area contributed by atoms with E-state index in [1.54, 1.807) is 6.07 Å². The average molecular weight is 180 g/mol. The molecular weight excluding hydrogens is 172 g/mol. The highest BCUT2D eigenvalue weighted by Crippen LogP contribution is 2.33. The zero-order chi connectivity index (χ0) is 8.72. The number of hydrogen-bond acceptors (Lipinski definition) is 3. The molecule has 0 aliphatic carbocycles. The van der Waals surface area contributed by atoms with Crippen LogP contribution in [-0.2, 0) is 4.74 Å². The Balaban J connectivity index is 2.67. The molecule has 0 bridgehead atoms. The van der Waals surface area contributed by atoms with E-state index in [0.717, 1.165) is 5.56 Å². The molecule has 0 spiro atoms. The number of rotatable bonds is 0. The second kappa shape index (κ2) is 2.52. The number of cyclic esters (lactones) is 1. The summed E-state index contributed by atoms with van der Waals surface area (Å²) < 4.78 is 5.02. The first-order valence-electron chi connectivity index (χ1n) is 3.73. The Morgan fingerprint density at radius 1 is 1.50 bits per heavy atom. The molecular formula is C9H8O2S. The molecule has 1 unspecified atom stereocenters. The van der Waals surface area contributed by atoms with Gasteiger partial charge in [-0.2, -0.15) is 0 Å². The first-order chi connectivity index (χ1) is 5.70. The van der Waals surface area contributed by atoms with Crippen molar-refractivity contribution < 1.29 is 9.53 Å². The van der Waals surface area contributed by atoms with Gasteiger partial charge in [0, 0.05) is 10.5 Å². The largest absolute Gasteiger partial charge is 0.454 e. The zero-order valence-electron chi connectivity index (χ0n) is 6.57. The van der Waals surface area contributed by atoms with Crippen molar-refractivity contribution in [2.75, 3.05) is 0 Å². The number of thiol groups is 1. The summed E-state index contributed by atoms with van der Waals surface area (Å²) >= 11 is 4.19. The predicted octanol–water partition coefficient (Wildman–Crippen LogP) is 2.21. The Kier molecular flexibility index (Phi) is 1.61. The van der Waals surface area contributed by atoms with E-state index in [1.807, 2.05) is 19.1 Å². The lowest BCUT2D eigenvalue weighted by Crippen LogP contribution is -1.95. The fourth-order valence-corrected chi connectivity index (χ4v) is 1.71. The van der Waals surface area contributed by atoms with E-state index < -0.39 is 0 Å². The molecule has 0 N–H and O–H groups in total. The fourth-order valence-electron chi connectivity index (χ4n) is 1.40. The Bertz CT molecular complexity index is 346. The van der Waals surface area contributed by atoms with Crippen LogP contribution in [0.3, 0.4) is 0 Å². The summed E-state index contributed by atoms with van der Waals surface area (Å²) in [6.07, 6.45) is -0.125. The minimum absolute atomic E-state index is 0.125. The molecule has 2 rings (SSSR count). The highest BCUT2D eigenvalue weighted by molar-refractivity contribution is 7.80. The van der Waals surface area contributed by atoms with Crippen LogP contribution >= 0.6 is 12.6 Å². The molecule has 1 aliphatic heterocycles. The number of hydrogen-bond donors (Lipinski definition) is 1. The molecule has 1 atom stereocenters. The smallest absolute Gasteiger partial charge is 0.340 e. The maximum Gasteiger partial charge on any atom is 0.340 e. The normalized spacial score (nSPS) is 20.5. The minimum atomic E-state index is -0.261. The van der Waals surface area contributed by atoms with Gasteiger partial charge in [-0.15, -0.1) is 12.6 Å². The Labute approximate surface area is 76.0 Å². The van der Waals surface area contributed by atoms with Crippen LogP contribution in [0.1, 0.15) is 28.9 Å². The van der Waals surface area contributed by atoms with Crippen LogP contribution in [0, 0.1) is 0 Å². The maximum absolute atomic E-state index is 11.2. The van der Waals surface area contributed by atoms with Crippen LogP contribution in [0.25, 0.3) is 0 Å². The zero-order valence-corrected chi connectivity index (χ0v) is 7.47. The van der Waals surface area contributed by atoms with E-state index in [-0.39, 0.29) is 12.1 Å². The van der Waals surface area contributed by atoms with Gasteiger partial charge in [-0.25, -0.2) is 4.79 Å². The number of benzene rings is 1. The van der Waals surface area contributed by atoms with Gasteiger partial charge in [0.15, 0.2) is 0 Å². The number of ether oxygens (including phenoxy) is 1. The molecule has 0 saturated heterocycles. The second-order valence-corrected chi connectivity index (χ2v) is 3.27. The summed E-state index contributed by atoms with van der Waals surface area (Å²) in [5.41, 5.74) is 1.56. The molecule has 0 saturated carbocycles. The number of carbonyl (C=O) groups is 1. The molecule has 3 heteroatoms. The Morgan fingerprint density at radius 3 is 2.92 bits per heavy atom. The molecule has 0 fully saturated rings. The maximum atomic E-state index is 11.2. The Morgan fingerprint density at radius 2 is 2.25 bits per heavy atom. The number of fused-ring (bicyclic) bond motifs is 1. The quantitative estimate of drug-likeness (QED) is 0.489. The summed E-state index contributed by atoms with van der Waals surface area (Å²) in [5, 5.41) is 0. The molecule has 12 heavy (non-hydrogen) atoms. The van der Waals surface area contributed by atoms with Gasteiger partial charge in [-0.3, -0.25) is 0 Å². The average Bonchev–Trinajstić information content (AvgIpc) is 2.29. The molecule has 1 heterocycles. The van der Waals surface area contributed by atoms with Gasteiger partial charge in [0.05, 0.1) is 5.56 Å². The van der Waals surface area contributed by atoms with Gasteiger partial charge < -0.3 is 4.74 Å². The molecule has 1 aromatic carbocycles. The van der Waals surface area contributed by atoms with Gasteiger partial charge in [0.25, 0.3) is 0 Å². The topological polar surface area (TPSA) is 26.3 Å². The summed E-state index contributed by atoms with van der Waals surface area (Å²) in [6.45, 7) is 1.86. The lowest BCUT2D eigenvalue weighted by Gasteiger charge is -2.00. The summed E-state index contributed by atoms with van der Waals surface area (Å²) in [6, 6.07) is 5.56. The van der Waals surface area contributed by atoms with E-state index in [1.165, 1.54) is 0 Å². The van der Waals surface area contributed by atoms with E-state index in [0.29, 0.717) is 10.5 Å². The van der Waals surface area contributed by atoms with Gasteiger partial charge in [0.1, 0.15) is 6.10 Å². The summed E-state index contributed by atoms with van der Waals surface area (Å²) in [7, 11) is 0. The third-order valence-electron chi connectivity index (χ3n) is 2.00. The van der Waals surface area contributed by atoms with Gasteiger partial charge in [-0.1, -0.05) is 12.1 Å². The van der Waals surface area contributed by atoms with Crippen LogP contribution < -0.4 is 0 Å². The van der Waals surface area contributed by atoms with Crippen LogP contribution in [-0.4, -0.2) is 5.97 Å². The van der Waals surface area contributed by atoms with E-state index in [4.69, 9.17) is 4.74 Å². The van der Waals surface area contributed by atoms with Crippen LogP contribution in [0.2, 0.25) is 0 Å². The lowest BCUT2D eigenvalue weighted by atomic mass is 10.1. The minimum Gasteiger partial charge on any atom is -0.454 e. The molecule has 0 radical (unpaired) electrons. The van der Waals surface area contributed by atoms with Crippen LogP contribution in [0.4, 0.5) is 0 Å². The second-order valence-electron chi connectivity index (χ2n) is 2.79. The van der Waals surface area contributed by atoms with E-state index in [2.05, 4.69) is 12.6 Å². The highest BCUT2D eigenvalue weighted by Gasteiger charge is 2.28. The molecule has 1 aromatic rings. The molecule has 2 nitrogen and oxygen atoms in total. The van der Waals surface area contributed by atoms with E-state index in [9.17, 15) is 4.79 Å². The van der Waals surface area contributed by atoms with Crippen molar-refractivity contribution in [2.45, 2.75) is 17.9 Å².